The molecule has 0 aromatic rings. The molecule has 6 heteroatoms. The standard InChI is InChI=1S/C12H23N3O2S/c1-8-6-12(7-8,10(13)15-17)11(16)14-5-4-9(2)18-3/h8-9,17H,4-7H2,1-3H3,(H2,13,15)(H,14,16). The fraction of sp³-hybridized carbons (Fsp3) is 0.833. The molecule has 0 aromatic heterocycles. The van der Waals surface area contributed by atoms with Crippen LogP contribution in [0.25, 0.3) is 0 Å². The predicted molar refractivity (Wildman–Crippen MR) is 74.8 cm³/mol. The van der Waals surface area contributed by atoms with E-state index in [1.165, 1.54) is 0 Å². The lowest BCUT2D eigenvalue weighted by molar-refractivity contribution is -0.133. The maximum Gasteiger partial charge on any atom is 0.233 e. The molecule has 0 heterocycles. The first-order valence-corrected chi connectivity index (χ1v) is 7.54. The van der Waals surface area contributed by atoms with Gasteiger partial charge < -0.3 is 16.3 Å². The number of oxime groups is 1. The lowest BCUT2D eigenvalue weighted by Gasteiger charge is -2.43. The van der Waals surface area contributed by atoms with Crippen LogP contribution in [0.1, 0.15) is 33.1 Å². The number of nitrogens with two attached hydrogens (primary N) is 1. The number of amides is 1. The Labute approximate surface area is 113 Å². The van der Waals surface area contributed by atoms with E-state index in [0.717, 1.165) is 6.42 Å². The van der Waals surface area contributed by atoms with Gasteiger partial charge in [0.25, 0.3) is 0 Å². The van der Waals surface area contributed by atoms with E-state index in [2.05, 4.69) is 30.6 Å². The van der Waals surface area contributed by atoms with Crippen molar-refractivity contribution >= 4 is 23.5 Å². The molecule has 1 rings (SSSR count). The van der Waals surface area contributed by atoms with Crippen molar-refractivity contribution in [1.29, 1.82) is 0 Å². The number of rotatable bonds is 6. The van der Waals surface area contributed by atoms with Crippen molar-refractivity contribution in [2.45, 2.75) is 38.4 Å². The summed E-state index contributed by atoms with van der Waals surface area (Å²) in [6.45, 7) is 4.82. The van der Waals surface area contributed by atoms with Gasteiger partial charge in [0.05, 0.1) is 0 Å². The van der Waals surface area contributed by atoms with Crippen LogP contribution in [0.2, 0.25) is 0 Å². The highest BCUT2D eigenvalue weighted by Crippen LogP contribution is 2.45. The van der Waals surface area contributed by atoms with Gasteiger partial charge in [0.1, 0.15) is 5.41 Å². The van der Waals surface area contributed by atoms with Gasteiger partial charge in [-0.1, -0.05) is 19.0 Å². The third-order valence-electron chi connectivity index (χ3n) is 3.67. The first-order valence-electron chi connectivity index (χ1n) is 6.25. The number of amidine groups is 1. The molecule has 1 aliphatic carbocycles. The normalized spacial score (nSPS) is 29.5. The second kappa shape index (κ2) is 6.31. The van der Waals surface area contributed by atoms with Crippen LogP contribution in [0.15, 0.2) is 5.16 Å². The minimum atomic E-state index is -0.781. The van der Waals surface area contributed by atoms with Gasteiger partial charge in [-0.15, -0.1) is 0 Å². The van der Waals surface area contributed by atoms with E-state index >= 15 is 0 Å². The van der Waals surface area contributed by atoms with Crippen molar-refractivity contribution in [3.8, 4) is 0 Å². The van der Waals surface area contributed by atoms with E-state index in [4.69, 9.17) is 10.9 Å². The summed E-state index contributed by atoms with van der Waals surface area (Å²) in [6, 6.07) is 0. The molecule has 1 unspecified atom stereocenters. The smallest absolute Gasteiger partial charge is 0.233 e. The Morgan fingerprint density at radius 1 is 1.67 bits per heavy atom. The molecule has 0 aromatic carbocycles. The maximum atomic E-state index is 12.2. The zero-order valence-corrected chi connectivity index (χ0v) is 12.1. The molecule has 1 fully saturated rings. The van der Waals surface area contributed by atoms with Crippen molar-refractivity contribution in [1.82, 2.24) is 5.32 Å². The molecule has 0 saturated heterocycles. The van der Waals surface area contributed by atoms with Crippen LogP contribution in [-0.2, 0) is 4.79 Å². The van der Waals surface area contributed by atoms with Crippen LogP contribution in [0, 0.1) is 11.3 Å². The largest absolute Gasteiger partial charge is 0.409 e. The third kappa shape index (κ3) is 3.10. The second-order valence-corrected chi connectivity index (χ2v) is 6.45. The second-order valence-electron chi connectivity index (χ2n) is 5.17. The number of hydrogen-bond acceptors (Lipinski definition) is 4. The van der Waals surface area contributed by atoms with Gasteiger partial charge >= 0.3 is 0 Å². The molecule has 4 N–H and O–H groups in total. The first-order chi connectivity index (χ1) is 8.46. The van der Waals surface area contributed by atoms with Crippen LogP contribution in [0.3, 0.4) is 0 Å². The van der Waals surface area contributed by atoms with Gasteiger partial charge in [-0.25, -0.2) is 0 Å². The summed E-state index contributed by atoms with van der Waals surface area (Å²) in [5.41, 5.74) is 4.89. The minimum absolute atomic E-state index is 0.0380. The highest BCUT2D eigenvalue weighted by atomic mass is 32.2. The Morgan fingerprint density at radius 3 is 2.72 bits per heavy atom. The quantitative estimate of drug-likeness (QED) is 0.295. The molecule has 1 saturated carbocycles. The fourth-order valence-corrected chi connectivity index (χ4v) is 2.77. The van der Waals surface area contributed by atoms with E-state index < -0.39 is 5.41 Å². The molecule has 5 nitrogen and oxygen atoms in total. The van der Waals surface area contributed by atoms with Crippen molar-refractivity contribution in [3.63, 3.8) is 0 Å². The Kier molecular flexibility index (Phi) is 5.31. The Bertz CT molecular complexity index is 327. The molecule has 0 bridgehead atoms. The number of carbonyl (C=O) groups is 1. The zero-order valence-electron chi connectivity index (χ0n) is 11.3. The van der Waals surface area contributed by atoms with Gasteiger partial charge in [-0.3, -0.25) is 4.79 Å². The van der Waals surface area contributed by atoms with Gasteiger partial charge in [-0.05, 0) is 31.4 Å². The Morgan fingerprint density at radius 2 is 2.28 bits per heavy atom. The Hall–Kier alpha value is -0.910. The maximum absolute atomic E-state index is 12.2. The molecule has 0 radical (unpaired) electrons. The molecule has 1 aliphatic rings. The molecular formula is C12H23N3O2S. The number of hydrogen-bond donors (Lipinski definition) is 3. The molecular weight excluding hydrogens is 250 g/mol. The van der Waals surface area contributed by atoms with E-state index in [9.17, 15) is 4.79 Å². The summed E-state index contributed by atoms with van der Waals surface area (Å²) in [5, 5.41) is 15.3. The Balaban J connectivity index is 2.52. The monoisotopic (exact) mass is 273 g/mol. The highest BCUT2D eigenvalue weighted by molar-refractivity contribution is 7.99. The van der Waals surface area contributed by atoms with E-state index in [1.54, 1.807) is 11.8 Å². The summed E-state index contributed by atoms with van der Waals surface area (Å²) in [4.78, 5) is 12.2. The third-order valence-corrected chi connectivity index (χ3v) is 4.71. The summed E-state index contributed by atoms with van der Waals surface area (Å²) >= 11 is 1.78. The molecule has 1 atom stereocenters. The van der Waals surface area contributed by atoms with E-state index in [-0.39, 0.29) is 11.7 Å². The van der Waals surface area contributed by atoms with Gasteiger partial charge in [0, 0.05) is 11.8 Å². The van der Waals surface area contributed by atoms with Crippen molar-refractivity contribution in [3.05, 3.63) is 0 Å². The molecule has 104 valence electrons. The molecule has 1 amide bonds. The van der Waals surface area contributed by atoms with Gasteiger partial charge in [0.2, 0.25) is 5.91 Å². The van der Waals surface area contributed by atoms with Crippen molar-refractivity contribution < 1.29 is 10.0 Å². The van der Waals surface area contributed by atoms with Gasteiger partial charge in [-0.2, -0.15) is 11.8 Å². The van der Waals surface area contributed by atoms with Crippen molar-refractivity contribution in [2.24, 2.45) is 22.2 Å². The predicted octanol–water partition coefficient (Wildman–Crippen LogP) is 1.41. The number of carbonyl (C=O) groups excluding carboxylic acids is 1. The number of nitrogens with zero attached hydrogens (tertiary/aromatic N) is 1. The van der Waals surface area contributed by atoms with Crippen LogP contribution < -0.4 is 11.1 Å². The average Bonchev–Trinajstić information content (AvgIpc) is 2.33. The van der Waals surface area contributed by atoms with E-state index in [0.29, 0.717) is 30.6 Å². The highest BCUT2D eigenvalue weighted by Gasteiger charge is 2.51. The fourth-order valence-electron chi connectivity index (χ4n) is 2.41. The summed E-state index contributed by atoms with van der Waals surface area (Å²) in [7, 11) is 0. The zero-order chi connectivity index (χ0) is 13.8. The SMILES string of the molecule is CSC(C)CCNC(=O)C1(C(N)=NO)CC(C)C1. The van der Waals surface area contributed by atoms with Gasteiger partial charge in [0.15, 0.2) is 5.84 Å². The number of nitrogens with one attached hydrogen (secondary N) is 1. The summed E-state index contributed by atoms with van der Waals surface area (Å²) < 4.78 is 0. The van der Waals surface area contributed by atoms with Crippen LogP contribution in [-0.4, -0.2) is 35.0 Å². The molecule has 18 heavy (non-hydrogen) atoms. The first kappa shape index (κ1) is 15.1. The van der Waals surface area contributed by atoms with Crippen molar-refractivity contribution in [2.75, 3.05) is 12.8 Å². The summed E-state index contributed by atoms with van der Waals surface area (Å²) in [6.07, 6.45) is 4.30. The average molecular weight is 273 g/mol. The molecule has 0 spiro atoms. The van der Waals surface area contributed by atoms with Crippen LogP contribution >= 0.6 is 11.8 Å². The minimum Gasteiger partial charge on any atom is -0.409 e. The summed E-state index contributed by atoms with van der Waals surface area (Å²) in [5.74, 6) is 0.376. The van der Waals surface area contributed by atoms with Crippen LogP contribution in [0.4, 0.5) is 0 Å². The number of thioether (sulfide) groups is 1. The van der Waals surface area contributed by atoms with E-state index in [1.807, 2.05) is 0 Å². The lowest BCUT2D eigenvalue weighted by Crippen LogP contribution is -2.56. The topological polar surface area (TPSA) is 87.7 Å². The lowest BCUT2D eigenvalue weighted by atomic mass is 9.61. The van der Waals surface area contributed by atoms with Crippen LogP contribution in [0.5, 0.6) is 0 Å². The molecule has 0 aliphatic heterocycles.